The lowest BCUT2D eigenvalue weighted by Crippen LogP contribution is -2.39. The second-order valence-corrected chi connectivity index (χ2v) is 5.27. The molecule has 1 aromatic rings. The molecule has 92 valence electrons. The Hall–Kier alpha value is -1.07. The van der Waals surface area contributed by atoms with Crippen molar-refractivity contribution in [3.05, 3.63) is 28.7 Å². The fourth-order valence-electron chi connectivity index (χ4n) is 1.94. The number of nitrogens with one attached hydrogen (secondary N) is 2. The van der Waals surface area contributed by atoms with Crippen LogP contribution in [0.4, 0.5) is 10.5 Å². The first-order valence-corrected chi connectivity index (χ1v) is 6.44. The van der Waals surface area contributed by atoms with Crippen LogP contribution >= 0.6 is 15.9 Å². The largest absolute Gasteiger partial charge is 0.334 e. The van der Waals surface area contributed by atoms with Crippen molar-refractivity contribution in [1.29, 1.82) is 0 Å². The SMILES string of the molecule is CN1CCC(NC(=O)Nc2ccc(Br)cc2)C1. The van der Waals surface area contributed by atoms with E-state index in [1.807, 2.05) is 24.3 Å². The summed E-state index contributed by atoms with van der Waals surface area (Å²) in [4.78, 5) is 13.9. The van der Waals surface area contributed by atoms with Gasteiger partial charge >= 0.3 is 6.03 Å². The maximum absolute atomic E-state index is 11.7. The van der Waals surface area contributed by atoms with E-state index in [1.54, 1.807) is 0 Å². The molecule has 5 heteroatoms. The molecule has 2 rings (SSSR count). The maximum Gasteiger partial charge on any atom is 0.319 e. The van der Waals surface area contributed by atoms with E-state index < -0.39 is 0 Å². The lowest BCUT2D eigenvalue weighted by Gasteiger charge is -2.13. The van der Waals surface area contributed by atoms with Crippen LogP contribution in [0.15, 0.2) is 28.7 Å². The lowest BCUT2D eigenvalue weighted by atomic mass is 10.3. The predicted octanol–water partition coefficient (Wildman–Crippen LogP) is 2.27. The number of rotatable bonds is 2. The monoisotopic (exact) mass is 297 g/mol. The number of hydrogen-bond acceptors (Lipinski definition) is 2. The number of likely N-dealkylation sites (tertiary alicyclic amines) is 1. The van der Waals surface area contributed by atoms with Crippen molar-refractivity contribution < 1.29 is 4.79 Å². The van der Waals surface area contributed by atoms with Gasteiger partial charge in [0, 0.05) is 22.7 Å². The van der Waals surface area contributed by atoms with Gasteiger partial charge in [-0.15, -0.1) is 0 Å². The van der Waals surface area contributed by atoms with Crippen LogP contribution in [0.3, 0.4) is 0 Å². The number of urea groups is 1. The summed E-state index contributed by atoms with van der Waals surface area (Å²) in [5.41, 5.74) is 0.803. The number of amides is 2. The van der Waals surface area contributed by atoms with Crippen LogP contribution in [0.2, 0.25) is 0 Å². The highest BCUT2D eigenvalue weighted by atomic mass is 79.9. The van der Waals surface area contributed by atoms with E-state index in [-0.39, 0.29) is 12.1 Å². The first-order valence-electron chi connectivity index (χ1n) is 5.65. The zero-order valence-electron chi connectivity index (χ0n) is 9.74. The van der Waals surface area contributed by atoms with Gasteiger partial charge in [-0.25, -0.2) is 4.79 Å². The van der Waals surface area contributed by atoms with Gasteiger partial charge < -0.3 is 15.5 Å². The van der Waals surface area contributed by atoms with Crippen LogP contribution in [0.25, 0.3) is 0 Å². The van der Waals surface area contributed by atoms with Crippen molar-refractivity contribution in [3.63, 3.8) is 0 Å². The number of anilines is 1. The van der Waals surface area contributed by atoms with Crippen molar-refractivity contribution in [2.24, 2.45) is 0 Å². The molecule has 0 radical (unpaired) electrons. The molecule has 1 fully saturated rings. The Morgan fingerprint density at radius 1 is 1.41 bits per heavy atom. The summed E-state index contributed by atoms with van der Waals surface area (Å²) in [5.74, 6) is 0. The minimum Gasteiger partial charge on any atom is -0.334 e. The van der Waals surface area contributed by atoms with Gasteiger partial charge in [0.05, 0.1) is 0 Å². The Bertz CT molecular complexity index is 393. The molecule has 1 aliphatic rings. The van der Waals surface area contributed by atoms with Gasteiger partial charge in [0.25, 0.3) is 0 Å². The molecule has 0 saturated carbocycles. The molecular formula is C12H16BrN3O. The normalized spacial score (nSPS) is 20.2. The highest BCUT2D eigenvalue weighted by Gasteiger charge is 2.20. The van der Waals surface area contributed by atoms with Crippen LogP contribution in [0.1, 0.15) is 6.42 Å². The van der Waals surface area contributed by atoms with Crippen molar-refractivity contribution >= 4 is 27.6 Å². The lowest BCUT2D eigenvalue weighted by molar-refractivity contribution is 0.248. The van der Waals surface area contributed by atoms with Crippen molar-refractivity contribution in [2.45, 2.75) is 12.5 Å². The number of nitrogens with zero attached hydrogens (tertiary/aromatic N) is 1. The third kappa shape index (κ3) is 3.71. The first kappa shape index (κ1) is 12.4. The summed E-state index contributed by atoms with van der Waals surface area (Å²) >= 11 is 3.36. The van der Waals surface area contributed by atoms with Gasteiger partial charge in [-0.2, -0.15) is 0 Å². The van der Waals surface area contributed by atoms with Gasteiger partial charge in [-0.1, -0.05) is 15.9 Å². The summed E-state index contributed by atoms with van der Waals surface area (Å²) in [6.07, 6.45) is 1.02. The van der Waals surface area contributed by atoms with E-state index in [0.717, 1.165) is 29.7 Å². The van der Waals surface area contributed by atoms with Gasteiger partial charge in [0.1, 0.15) is 0 Å². The Labute approximate surface area is 110 Å². The maximum atomic E-state index is 11.7. The third-order valence-corrected chi connectivity index (χ3v) is 3.36. The Morgan fingerprint density at radius 2 is 2.12 bits per heavy atom. The van der Waals surface area contributed by atoms with Crippen LogP contribution in [-0.2, 0) is 0 Å². The second-order valence-electron chi connectivity index (χ2n) is 4.35. The van der Waals surface area contributed by atoms with Crippen LogP contribution in [0.5, 0.6) is 0 Å². The quantitative estimate of drug-likeness (QED) is 0.880. The van der Waals surface area contributed by atoms with Crippen molar-refractivity contribution in [1.82, 2.24) is 10.2 Å². The summed E-state index contributed by atoms with van der Waals surface area (Å²) in [5, 5.41) is 5.79. The van der Waals surface area contributed by atoms with Gasteiger partial charge in [-0.3, -0.25) is 0 Å². The molecule has 1 unspecified atom stereocenters. The fourth-order valence-corrected chi connectivity index (χ4v) is 2.20. The number of likely N-dealkylation sites (N-methyl/N-ethyl adjacent to an activating group) is 1. The van der Waals surface area contributed by atoms with E-state index in [0.29, 0.717) is 0 Å². The molecule has 0 spiro atoms. The Kier molecular flexibility index (Phi) is 4.02. The predicted molar refractivity (Wildman–Crippen MR) is 72.2 cm³/mol. The summed E-state index contributed by atoms with van der Waals surface area (Å²) < 4.78 is 1.00. The minimum absolute atomic E-state index is 0.132. The zero-order chi connectivity index (χ0) is 12.3. The Balaban J connectivity index is 1.83. The molecule has 0 bridgehead atoms. The number of carbonyl (C=O) groups excluding carboxylic acids is 1. The first-order chi connectivity index (χ1) is 8.13. The third-order valence-electron chi connectivity index (χ3n) is 2.83. The fraction of sp³-hybridized carbons (Fsp3) is 0.417. The number of hydrogen-bond donors (Lipinski definition) is 2. The average molecular weight is 298 g/mol. The number of halogens is 1. The summed E-state index contributed by atoms with van der Waals surface area (Å²) in [7, 11) is 2.06. The highest BCUT2D eigenvalue weighted by Crippen LogP contribution is 2.14. The van der Waals surface area contributed by atoms with Crippen LogP contribution in [0, 0.1) is 0 Å². The molecular weight excluding hydrogens is 282 g/mol. The molecule has 1 heterocycles. The average Bonchev–Trinajstić information content (AvgIpc) is 2.67. The molecule has 1 aliphatic heterocycles. The second kappa shape index (κ2) is 5.51. The van der Waals surface area contributed by atoms with E-state index in [9.17, 15) is 4.79 Å². The zero-order valence-corrected chi connectivity index (χ0v) is 11.3. The number of benzene rings is 1. The topological polar surface area (TPSA) is 44.4 Å². The summed E-state index contributed by atoms with van der Waals surface area (Å²) in [6.45, 7) is 1.97. The van der Waals surface area contributed by atoms with E-state index in [1.165, 1.54) is 0 Å². The molecule has 4 nitrogen and oxygen atoms in total. The number of carbonyl (C=O) groups is 1. The molecule has 2 amide bonds. The molecule has 2 N–H and O–H groups in total. The summed E-state index contributed by atoms with van der Waals surface area (Å²) in [6, 6.07) is 7.66. The van der Waals surface area contributed by atoms with Gasteiger partial charge in [0.15, 0.2) is 0 Å². The van der Waals surface area contributed by atoms with Crippen molar-refractivity contribution in [3.8, 4) is 0 Å². The van der Waals surface area contributed by atoms with E-state index in [2.05, 4.69) is 38.5 Å². The molecule has 0 aliphatic carbocycles. The van der Waals surface area contributed by atoms with Crippen LogP contribution < -0.4 is 10.6 Å². The molecule has 1 saturated heterocycles. The van der Waals surface area contributed by atoms with Gasteiger partial charge in [0.2, 0.25) is 0 Å². The molecule has 1 atom stereocenters. The van der Waals surface area contributed by atoms with E-state index >= 15 is 0 Å². The molecule has 1 aromatic carbocycles. The molecule has 0 aromatic heterocycles. The van der Waals surface area contributed by atoms with Crippen LogP contribution in [-0.4, -0.2) is 37.1 Å². The van der Waals surface area contributed by atoms with Gasteiger partial charge in [-0.05, 0) is 44.3 Å². The van der Waals surface area contributed by atoms with E-state index in [4.69, 9.17) is 0 Å². The van der Waals surface area contributed by atoms with Crippen molar-refractivity contribution in [2.75, 3.05) is 25.5 Å². The minimum atomic E-state index is -0.132. The molecule has 17 heavy (non-hydrogen) atoms. The highest BCUT2D eigenvalue weighted by molar-refractivity contribution is 9.10. The Morgan fingerprint density at radius 3 is 2.71 bits per heavy atom. The standard InChI is InChI=1S/C12H16BrN3O/c1-16-7-6-11(8-16)15-12(17)14-10-4-2-9(13)3-5-10/h2-5,11H,6-8H2,1H3,(H2,14,15,17). The smallest absolute Gasteiger partial charge is 0.319 e.